The van der Waals surface area contributed by atoms with Crippen molar-refractivity contribution in [2.24, 2.45) is 5.73 Å². The number of aromatic amines is 1. The number of ether oxygens (including phenoxy) is 2. The van der Waals surface area contributed by atoms with Crippen molar-refractivity contribution >= 4 is 10.9 Å². The van der Waals surface area contributed by atoms with E-state index in [2.05, 4.69) is 11.1 Å². The Morgan fingerprint density at radius 2 is 2.04 bits per heavy atom. The first-order chi connectivity index (χ1) is 12.2. The number of hydrogen-bond acceptors (Lipinski definition) is 4. The number of rotatable bonds is 3. The number of nitrogens with two attached hydrogens (primary N) is 1. The third-order valence-electron chi connectivity index (χ3n) is 4.44. The van der Waals surface area contributed by atoms with E-state index < -0.39 is 0 Å². The Morgan fingerprint density at radius 3 is 2.84 bits per heavy atom. The minimum Gasteiger partial charge on any atom is -0.490 e. The molecule has 2 aromatic carbocycles. The molecule has 5 nitrogen and oxygen atoms in total. The quantitative estimate of drug-likeness (QED) is 0.765. The topological polar surface area (TPSA) is 84.1 Å². The van der Waals surface area contributed by atoms with E-state index >= 15 is 0 Å². The fourth-order valence-corrected chi connectivity index (χ4v) is 3.38. The number of fused-ring (bicyclic) bond motifs is 2. The Kier molecular flexibility index (Phi) is 3.58. The molecule has 0 bridgehead atoms. The second-order valence-electron chi connectivity index (χ2n) is 5.82. The predicted molar refractivity (Wildman–Crippen MR) is 95.2 cm³/mol. The number of benzene rings is 2. The first-order valence-electron chi connectivity index (χ1n) is 8.14. The van der Waals surface area contributed by atoms with Crippen LogP contribution in [-0.2, 0) is 0 Å². The summed E-state index contributed by atoms with van der Waals surface area (Å²) in [5.41, 5.74) is 9.37. The van der Waals surface area contributed by atoms with Gasteiger partial charge in [-0.2, -0.15) is 5.26 Å². The third kappa shape index (κ3) is 2.31. The standard InChI is InChI=1S/C20H17N3O2/c1-2-24-17-9-5-7-13-18(14(10-21)20(22)25-19(13)17)15-11-23-16-8-4-3-6-12(15)16/h3-9,11,18,23H,2,22H2,1H3/t18-/m0/s1. The predicted octanol–water partition coefficient (Wildman–Crippen LogP) is 3.78. The normalized spacial score (nSPS) is 16.2. The van der Waals surface area contributed by atoms with Gasteiger partial charge in [-0.3, -0.25) is 0 Å². The lowest BCUT2D eigenvalue weighted by atomic mass is 9.83. The van der Waals surface area contributed by atoms with E-state index in [1.807, 2.05) is 55.6 Å². The fraction of sp³-hybridized carbons (Fsp3) is 0.150. The van der Waals surface area contributed by atoms with Crippen LogP contribution in [0.25, 0.3) is 10.9 Å². The molecule has 1 aliphatic rings. The van der Waals surface area contributed by atoms with E-state index in [0.29, 0.717) is 23.7 Å². The average Bonchev–Trinajstić information content (AvgIpc) is 3.05. The Labute approximate surface area is 145 Å². The monoisotopic (exact) mass is 331 g/mol. The largest absolute Gasteiger partial charge is 0.490 e. The molecule has 1 atom stereocenters. The van der Waals surface area contributed by atoms with Crippen LogP contribution in [0.5, 0.6) is 11.5 Å². The van der Waals surface area contributed by atoms with Crippen LogP contribution in [0.3, 0.4) is 0 Å². The molecule has 0 fully saturated rings. The Morgan fingerprint density at radius 1 is 1.20 bits per heavy atom. The van der Waals surface area contributed by atoms with Gasteiger partial charge in [0.05, 0.1) is 12.5 Å². The molecular weight excluding hydrogens is 314 g/mol. The molecule has 124 valence electrons. The summed E-state index contributed by atoms with van der Waals surface area (Å²) >= 11 is 0. The van der Waals surface area contributed by atoms with Crippen molar-refractivity contribution in [1.29, 1.82) is 5.26 Å². The molecule has 0 spiro atoms. The molecule has 0 radical (unpaired) electrons. The number of nitriles is 1. The minimum absolute atomic E-state index is 0.123. The summed E-state index contributed by atoms with van der Waals surface area (Å²) < 4.78 is 11.4. The molecule has 25 heavy (non-hydrogen) atoms. The number of para-hydroxylation sites is 2. The maximum Gasteiger partial charge on any atom is 0.205 e. The van der Waals surface area contributed by atoms with Crippen LogP contribution in [0.2, 0.25) is 0 Å². The van der Waals surface area contributed by atoms with Gasteiger partial charge in [-0.15, -0.1) is 0 Å². The van der Waals surface area contributed by atoms with Gasteiger partial charge in [0.1, 0.15) is 11.6 Å². The lowest BCUT2D eigenvalue weighted by molar-refractivity contribution is 0.306. The SMILES string of the molecule is CCOc1cccc2c1OC(N)=C(C#N)[C@H]2c1c[nH]c2ccccc12. The van der Waals surface area contributed by atoms with Crippen LogP contribution in [0.1, 0.15) is 24.0 Å². The Hall–Kier alpha value is -3.39. The molecule has 5 heteroatoms. The van der Waals surface area contributed by atoms with Crippen molar-refractivity contribution < 1.29 is 9.47 Å². The zero-order chi connectivity index (χ0) is 17.4. The Balaban J connectivity index is 1.98. The number of hydrogen-bond donors (Lipinski definition) is 2. The summed E-state index contributed by atoms with van der Waals surface area (Å²) in [6, 6.07) is 15.9. The summed E-state index contributed by atoms with van der Waals surface area (Å²) in [5, 5.41) is 10.7. The van der Waals surface area contributed by atoms with E-state index in [4.69, 9.17) is 15.2 Å². The summed E-state index contributed by atoms with van der Waals surface area (Å²) in [4.78, 5) is 3.27. The molecule has 0 saturated carbocycles. The number of allylic oxidation sites excluding steroid dienone is 1. The van der Waals surface area contributed by atoms with Crippen LogP contribution in [-0.4, -0.2) is 11.6 Å². The molecule has 3 N–H and O–H groups in total. The van der Waals surface area contributed by atoms with E-state index in [9.17, 15) is 5.26 Å². The molecule has 0 saturated heterocycles. The highest BCUT2D eigenvalue weighted by atomic mass is 16.5. The molecule has 2 heterocycles. The second kappa shape index (κ2) is 5.91. The van der Waals surface area contributed by atoms with Gasteiger partial charge in [-0.05, 0) is 24.6 Å². The highest BCUT2D eigenvalue weighted by molar-refractivity contribution is 5.85. The molecule has 3 aromatic rings. The van der Waals surface area contributed by atoms with Gasteiger partial charge >= 0.3 is 0 Å². The molecule has 1 aliphatic heterocycles. The fourth-order valence-electron chi connectivity index (χ4n) is 3.38. The van der Waals surface area contributed by atoms with Crippen molar-refractivity contribution in [2.75, 3.05) is 6.61 Å². The minimum atomic E-state index is -0.301. The lowest BCUT2D eigenvalue weighted by Crippen LogP contribution is -2.21. The Bertz CT molecular complexity index is 1030. The van der Waals surface area contributed by atoms with Gasteiger partial charge in [0.25, 0.3) is 0 Å². The van der Waals surface area contributed by atoms with Gasteiger partial charge in [0, 0.05) is 22.7 Å². The van der Waals surface area contributed by atoms with E-state index in [-0.39, 0.29) is 11.8 Å². The number of nitrogens with one attached hydrogen (secondary N) is 1. The van der Waals surface area contributed by atoms with E-state index in [1.54, 1.807) is 0 Å². The zero-order valence-corrected chi connectivity index (χ0v) is 13.7. The van der Waals surface area contributed by atoms with Crippen molar-refractivity contribution in [3.63, 3.8) is 0 Å². The molecular formula is C20H17N3O2. The van der Waals surface area contributed by atoms with Gasteiger partial charge in [-0.1, -0.05) is 30.3 Å². The zero-order valence-electron chi connectivity index (χ0n) is 13.7. The average molecular weight is 331 g/mol. The van der Waals surface area contributed by atoms with E-state index in [0.717, 1.165) is 22.0 Å². The first-order valence-corrected chi connectivity index (χ1v) is 8.14. The summed E-state index contributed by atoms with van der Waals surface area (Å²) in [6.07, 6.45) is 1.93. The number of aromatic nitrogens is 1. The van der Waals surface area contributed by atoms with Crippen LogP contribution in [0.15, 0.2) is 60.1 Å². The lowest BCUT2D eigenvalue weighted by Gasteiger charge is -2.27. The summed E-state index contributed by atoms with van der Waals surface area (Å²) in [7, 11) is 0. The second-order valence-corrected chi connectivity index (χ2v) is 5.82. The summed E-state index contributed by atoms with van der Waals surface area (Å²) in [6.45, 7) is 2.44. The van der Waals surface area contributed by atoms with Crippen LogP contribution < -0.4 is 15.2 Å². The van der Waals surface area contributed by atoms with Gasteiger partial charge in [0.2, 0.25) is 5.88 Å². The summed E-state index contributed by atoms with van der Waals surface area (Å²) in [5.74, 6) is 1.03. The van der Waals surface area contributed by atoms with Crippen molar-refractivity contribution in [2.45, 2.75) is 12.8 Å². The van der Waals surface area contributed by atoms with Crippen molar-refractivity contribution in [3.8, 4) is 17.6 Å². The molecule has 0 aliphatic carbocycles. The van der Waals surface area contributed by atoms with Crippen LogP contribution >= 0.6 is 0 Å². The first kappa shape index (κ1) is 15.2. The van der Waals surface area contributed by atoms with E-state index in [1.165, 1.54) is 0 Å². The molecule has 4 rings (SSSR count). The molecule has 0 amide bonds. The molecule has 1 aromatic heterocycles. The third-order valence-corrected chi connectivity index (χ3v) is 4.44. The highest BCUT2D eigenvalue weighted by Crippen LogP contribution is 2.47. The van der Waals surface area contributed by atoms with Crippen molar-refractivity contribution in [1.82, 2.24) is 4.98 Å². The molecule has 0 unspecified atom stereocenters. The number of H-pyrrole nitrogens is 1. The smallest absolute Gasteiger partial charge is 0.205 e. The van der Waals surface area contributed by atoms with Crippen LogP contribution in [0.4, 0.5) is 0 Å². The van der Waals surface area contributed by atoms with Gasteiger partial charge < -0.3 is 20.2 Å². The van der Waals surface area contributed by atoms with Crippen molar-refractivity contribution in [3.05, 3.63) is 71.2 Å². The maximum atomic E-state index is 9.69. The number of nitrogens with zero attached hydrogens (tertiary/aromatic N) is 1. The van der Waals surface area contributed by atoms with Gasteiger partial charge in [0.15, 0.2) is 11.5 Å². The highest BCUT2D eigenvalue weighted by Gasteiger charge is 2.33. The van der Waals surface area contributed by atoms with Crippen LogP contribution in [0, 0.1) is 11.3 Å². The maximum absolute atomic E-state index is 9.69. The van der Waals surface area contributed by atoms with Gasteiger partial charge in [-0.25, -0.2) is 0 Å².